The summed E-state index contributed by atoms with van der Waals surface area (Å²) in [6, 6.07) is 14.0. The summed E-state index contributed by atoms with van der Waals surface area (Å²) in [4.78, 5) is 11.0. The van der Waals surface area contributed by atoms with Crippen LogP contribution in [0.2, 0.25) is 0 Å². The van der Waals surface area contributed by atoms with Gasteiger partial charge in [-0.05, 0) is 25.1 Å². The average molecular weight is 256 g/mol. The van der Waals surface area contributed by atoms with Crippen LogP contribution in [-0.2, 0) is 0 Å². The SMILES string of the molecule is CCOc1ccccc1Nc1ccccc1C(=O)[O-]. The lowest BCUT2D eigenvalue weighted by atomic mass is 10.1. The first kappa shape index (κ1) is 13.0. The summed E-state index contributed by atoms with van der Waals surface area (Å²) in [5.41, 5.74) is 1.32. The number of carbonyl (C=O) groups excluding carboxylic acids is 1. The lowest BCUT2D eigenvalue weighted by Gasteiger charge is -2.15. The van der Waals surface area contributed by atoms with Gasteiger partial charge in [-0.2, -0.15) is 0 Å². The Morgan fingerprint density at radius 3 is 2.42 bits per heavy atom. The molecule has 0 heterocycles. The van der Waals surface area contributed by atoms with Crippen molar-refractivity contribution in [1.29, 1.82) is 0 Å². The first-order valence-corrected chi connectivity index (χ1v) is 6.01. The highest BCUT2D eigenvalue weighted by molar-refractivity contribution is 5.94. The molecule has 0 aliphatic carbocycles. The van der Waals surface area contributed by atoms with Crippen molar-refractivity contribution < 1.29 is 14.6 Å². The van der Waals surface area contributed by atoms with Crippen LogP contribution in [0, 0.1) is 0 Å². The fourth-order valence-electron chi connectivity index (χ4n) is 1.77. The fourth-order valence-corrected chi connectivity index (χ4v) is 1.77. The van der Waals surface area contributed by atoms with Crippen molar-refractivity contribution in [1.82, 2.24) is 0 Å². The van der Waals surface area contributed by atoms with Crippen LogP contribution in [0.25, 0.3) is 0 Å². The highest BCUT2D eigenvalue weighted by atomic mass is 16.5. The van der Waals surface area contributed by atoms with Gasteiger partial charge in [0.2, 0.25) is 0 Å². The highest BCUT2D eigenvalue weighted by Crippen LogP contribution is 2.28. The molecule has 0 fully saturated rings. The van der Waals surface area contributed by atoms with Crippen molar-refractivity contribution in [2.75, 3.05) is 11.9 Å². The van der Waals surface area contributed by atoms with E-state index >= 15 is 0 Å². The molecule has 0 aliphatic rings. The first-order valence-electron chi connectivity index (χ1n) is 6.01. The largest absolute Gasteiger partial charge is 0.545 e. The molecule has 0 amide bonds. The van der Waals surface area contributed by atoms with Crippen LogP contribution in [0.1, 0.15) is 17.3 Å². The monoisotopic (exact) mass is 256 g/mol. The molecule has 2 aromatic carbocycles. The second kappa shape index (κ2) is 5.91. The van der Waals surface area contributed by atoms with Crippen LogP contribution >= 0.6 is 0 Å². The summed E-state index contributed by atoms with van der Waals surface area (Å²) in [6.07, 6.45) is 0. The molecule has 2 aromatic rings. The van der Waals surface area contributed by atoms with Gasteiger partial charge in [0.1, 0.15) is 5.75 Å². The van der Waals surface area contributed by atoms with Gasteiger partial charge in [0.25, 0.3) is 0 Å². The highest BCUT2D eigenvalue weighted by Gasteiger charge is 2.06. The Labute approximate surface area is 111 Å². The standard InChI is InChI=1S/C15H15NO3/c1-2-19-14-10-6-5-9-13(14)16-12-8-4-3-7-11(12)15(17)18/h3-10,16H,2H2,1H3,(H,17,18)/p-1. The third-order valence-electron chi connectivity index (χ3n) is 2.60. The molecule has 0 radical (unpaired) electrons. The fraction of sp³-hybridized carbons (Fsp3) is 0.133. The van der Waals surface area contributed by atoms with Crippen molar-refractivity contribution in [2.45, 2.75) is 6.92 Å². The van der Waals surface area contributed by atoms with Gasteiger partial charge in [-0.15, -0.1) is 0 Å². The number of benzene rings is 2. The quantitative estimate of drug-likeness (QED) is 0.890. The third-order valence-corrected chi connectivity index (χ3v) is 2.60. The zero-order chi connectivity index (χ0) is 13.7. The van der Waals surface area contributed by atoms with Gasteiger partial charge in [0.15, 0.2) is 0 Å². The van der Waals surface area contributed by atoms with Crippen LogP contribution in [0.4, 0.5) is 11.4 Å². The second-order valence-electron chi connectivity index (χ2n) is 3.89. The van der Waals surface area contributed by atoms with E-state index < -0.39 is 5.97 Å². The van der Waals surface area contributed by atoms with E-state index in [2.05, 4.69) is 5.32 Å². The molecule has 0 saturated carbocycles. The smallest absolute Gasteiger partial charge is 0.142 e. The molecule has 4 nitrogen and oxygen atoms in total. The molecular weight excluding hydrogens is 242 g/mol. The lowest BCUT2D eigenvalue weighted by molar-refractivity contribution is -0.254. The maximum absolute atomic E-state index is 11.0. The van der Waals surface area contributed by atoms with Crippen LogP contribution < -0.4 is 15.2 Å². The Kier molecular flexibility index (Phi) is 4.03. The van der Waals surface area contributed by atoms with Gasteiger partial charge in [-0.25, -0.2) is 0 Å². The Bertz CT molecular complexity index is 581. The minimum atomic E-state index is -1.21. The molecule has 1 N–H and O–H groups in total. The summed E-state index contributed by atoms with van der Waals surface area (Å²) in [5, 5.41) is 14.1. The topological polar surface area (TPSA) is 61.4 Å². The number of rotatable bonds is 5. The van der Waals surface area contributed by atoms with Gasteiger partial charge >= 0.3 is 0 Å². The average Bonchev–Trinajstić information content (AvgIpc) is 2.42. The number of carbonyl (C=O) groups is 1. The van der Waals surface area contributed by atoms with Gasteiger partial charge in [-0.1, -0.05) is 30.3 Å². The molecule has 0 aromatic heterocycles. The summed E-state index contributed by atoms with van der Waals surface area (Å²) >= 11 is 0. The second-order valence-corrected chi connectivity index (χ2v) is 3.89. The van der Waals surface area contributed by atoms with Crippen molar-refractivity contribution in [3.05, 3.63) is 54.1 Å². The number of ether oxygens (including phenoxy) is 1. The maximum Gasteiger partial charge on any atom is 0.142 e. The Balaban J connectivity index is 2.34. The zero-order valence-electron chi connectivity index (χ0n) is 10.6. The molecule has 0 spiro atoms. The maximum atomic E-state index is 11.0. The van der Waals surface area contributed by atoms with Crippen LogP contribution in [-0.4, -0.2) is 12.6 Å². The molecule has 0 unspecified atom stereocenters. The summed E-state index contributed by atoms with van der Waals surface area (Å²) in [6.45, 7) is 2.44. The molecular formula is C15H14NO3-. The summed E-state index contributed by atoms with van der Waals surface area (Å²) < 4.78 is 5.48. The number of hydrogen-bond donors (Lipinski definition) is 1. The van der Waals surface area contributed by atoms with E-state index in [1.54, 1.807) is 18.2 Å². The molecule has 2 rings (SSSR count). The van der Waals surface area contributed by atoms with Gasteiger partial charge in [0, 0.05) is 11.3 Å². The number of para-hydroxylation sites is 3. The van der Waals surface area contributed by atoms with Crippen molar-refractivity contribution in [3.63, 3.8) is 0 Å². The third kappa shape index (κ3) is 3.04. The van der Waals surface area contributed by atoms with Crippen molar-refractivity contribution >= 4 is 17.3 Å². The predicted octanol–water partition coefficient (Wildman–Crippen LogP) is 2.19. The molecule has 19 heavy (non-hydrogen) atoms. The van der Waals surface area contributed by atoms with Gasteiger partial charge < -0.3 is 20.0 Å². The lowest BCUT2D eigenvalue weighted by Crippen LogP contribution is -2.23. The molecule has 0 atom stereocenters. The Hall–Kier alpha value is -2.49. The Morgan fingerprint density at radius 1 is 1.11 bits per heavy atom. The minimum Gasteiger partial charge on any atom is -0.545 e. The van der Waals surface area contributed by atoms with Crippen LogP contribution in [0.5, 0.6) is 5.75 Å². The molecule has 0 saturated heterocycles. The van der Waals surface area contributed by atoms with Gasteiger partial charge in [-0.3, -0.25) is 0 Å². The van der Waals surface area contributed by atoms with E-state index in [4.69, 9.17) is 4.74 Å². The number of carboxylic acid groups (broad SMARTS) is 1. The summed E-state index contributed by atoms with van der Waals surface area (Å²) in [5.74, 6) is -0.532. The number of anilines is 2. The van der Waals surface area contributed by atoms with E-state index in [9.17, 15) is 9.90 Å². The van der Waals surface area contributed by atoms with Crippen molar-refractivity contribution in [3.8, 4) is 5.75 Å². The number of nitrogens with one attached hydrogen (secondary N) is 1. The molecule has 98 valence electrons. The van der Waals surface area contributed by atoms with Gasteiger partial charge in [0.05, 0.1) is 18.3 Å². The van der Waals surface area contributed by atoms with E-state index in [0.29, 0.717) is 18.0 Å². The number of hydrogen-bond acceptors (Lipinski definition) is 4. The number of carboxylic acids is 1. The van der Waals surface area contributed by atoms with E-state index in [-0.39, 0.29) is 5.56 Å². The predicted molar refractivity (Wildman–Crippen MR) is 71.7 cm³/mol. The van der Waals surface area contributed by atoms with Crippen LogP contribution in [0.15, 0.2) is 48.5 Å². The van der Waals surface area contributed by atoms with Crippen molar-refractivity contribution in [2.24, 2.45) is 0 Å². The normalized spacial score (nSPS) is 9.95. The molecule has 0 aliphatic heterocycles. The number of aromatic carboxylic acids is 1. The summed E-state index contributed by atoms with van der Waals surface area (Å²) in [7, 11) is 0. The van der Waals surface area contributed by atoms with E-state index in [1.807, 2.05) is 31.2 Å². The molecule has 0 bridgehead atoms. The minimum absolute atomic E-state index is 0.119. The Morgan fingerprint density at radius 2 is 1.74 bits per heavy atom. The van der Waals surface area contributed by atoms with Crippen LogP contribution in [0.3, 0.4) is 0 Å². The molecule has 4 heteroatoms. The first-order chi connectivity index (χ1) is 9.22. The zero-order valence-corrected chi connectivity index (χ0v) is 10.6. The van der Waals surface area contributed by atoms with E-state index in [0.717, 1.165) is 5.69 Å². The van der Waals surface area contributed by atoms with E-state index in [1.165, 1.54) is 6.07 Å².